The summed E-state index contributed by atoms with van der Waals surface area (Å²) >= 11 is 2.31. The topological polar surface area (TPSA) is 225 Å². The number of carbonyl (C=O) groups excluding carboxylic acids is 2. The van der Waals surface area contributed by atoms with Gasteiger partial charge in [-0.25, -0.2) is 14.6 Å². The third kappa shape index (κ3) is 5.57. The normalized spacial score (nSPS) is 21.1. The SMILES string of the molecule is CC(C)(O/N=C(/C(=O)N[C@@H]1C(=O)N2C(C(=O)O)=C(C[N+]3(C)Cc4cc(O)c(O)cc4C3)CS[C@H]12)c1csc(N)n1)C(=O)O. The number of likely N-dealkylation sites (N-methyl/N-ethyl adjacent to an activating group) is 1. The Morgan fingerprint density at radius 2 is 1.84 bits per heavy atom. The number of thiazole rings is 1. The van der Waals surface area contributed by atoms with Crippen LogP contribution in [0.2, 0.25) is 0 Å². The molecule has 0 spiro atoms. The number of fused-ring (bicyclic) bond motifs is 2. The second-order valence-corrected chi connectivity index (χ2v) is 13.2. The van der Waals surface area contributed by atoms with E-state index in [2.05, 4.69) is 15.5 Å². The van der Waals surface area contributed by atoms with Crippen LogP contribution in [0.4, 0.5) is 5.13 Å². The molecule has 0 saturated carbocycles. The first-order valence-electron chi connectivity index (χ1n) is 12.9. The number of hydrogen-bond donors (Lipinski definition) is 6. The Morgan fingerprint density at radius 1 is 1.21 bits per heavy atom. The van der Waals surface area contributed by atoms with Gasteiger partial charge >= 0.3 is 11.9 Å². The predicted octanol–water partition coefficient (Wildman–Crippen LogP) is 0.619. The maximum absolute atomic E-state index is 13.3. The minimum absolute atomic E-state index is 0.0136. The number of quaternary nitrogens is 1. The Kier molecular flexibility index (Phi) is 7.52. The zero-order valence-electron chi connectivity index (χ0n) is 23.2. The number of nitrogen functional groups attached to an aromatic ring is 1. The lowest BCUT2D eigenvalue weighted by atomic mass is 10.0. The first kappa shape index (κ1) is 30.1. The first-order valence-corrected chi connectivity index (χ1v) is 14.8. The van der Waals surface area contributed by atoms with Crippen LogP contribution in [0.5, 0.6) is 11.5 Å². The van der Waals surface area contributed by atoms with Crippen molar-refractivity contribution in [3.63, 3.8) is 0 Å². The summed E-state index contributed by atoms with van der Waals surface area (Å²) in [6.45, 7) is 3.76. The van der Waals surface area contributed by atoms with E-state index in [4.69, 9.17) is 10.6 Å². The molecular weight excluding hydrogens is 604 g/mol. The summed E-state index contributed by atoms with van der Waals surface area (Å²) < 4.78 is 0.376. The molecule has 3 aliphatic rings. The molecule has 1 saturated heterocycles. The van der Waals surface area contributed by atoms with Gasteiger partial charge in [-0.3, -0.25) is 14.5 Å². The number of oxime groups is 1. The summed E-state index contributed by atoms with van der Waals surface area (Å²) in [7, 11) is 1.93. The average molecular weight is 634 g/mol. The van der Waals surface area contributed by atoms with E-state index in [-0.39, 0.29) is 33.8 Å². The number of phenols is 2. The molecule has 5 rings (SSSR count). The van der Waals surface area contributed by atoms with Gasteiger partial charge in [-0.05, 0) is 26.0 Å². The second kappa shape index (κ2) is 10.7. The van der Waals surface area contributed by atoms with E-state index < -0.39 is 46.5 Å². The molecule has 0 aliphatic carbocycles. The monoisotopic (exact) mass is 633 g/mol. The lowest BCUT2D eigenvalue weighted by Gasteiger charge is -2.49. The standard InChI is InChI=1S/C26H28N6O9S2/c1-26(2,24(39)40)41-30-17(14-10-43-25(27)28-14)20(35)29-18-21(36)31-19(23(37)38)13(9-42-22(18)31)8-32(3)6-11-4-15(33)16(34)5-12(11)7-32/h4-5,10,18,22H,6-9H2,1-3H3,(H6-,27,28,29,30,33,34,35,37,38,39,40)/p+1/t18-,22-/m1/s1. The highest BCUT2D eigenvalue weighted by Crippen LogP contribution is 2.43. The van der Waals surface area contributed by atoms with E-state index in [1.54, 1.807) is 0 Å². The van der Waals surface area contributed by atoms with Gasteiger partial charge < -0.3 is 40.8 Å². The summed E-state index contributed by atoms with van der Waals surface area (Å²) in [5, 5.41) is 46.4. The molecule has 1 aromatic heterocycles. The van der Waals surface area contributed by atoms with Crippen molar-refractivity contribution in [3.05, 3.63) is 45.6 Å². The molecule has 228 valence electrons. The number of β-lactam (4-membered cyclic amide) rings is 1. The number of carbonyl (C=O) groups is 4. The van der Waals surface area contributed by atoms with Gasteiger partial charge in [0, 0.05) is 27.8 Å². The number of aromatic hydroxyl groups is 2. The minimum Gasteiger partial charge on any atom is -0.504 e. The highest BCUT2D eigenvalue weighted by Gasteiger charge is 2.55. The second-order valence-electron chi connectivity index (χ2n) is 11.2. The molecule has 2 atom stereocenters. The number of carboxylic acid groups (broad SMARTS) is 2. The van der Waals surface area contributed by atoms with Crippen molar-refractivity contribution in [2.75, 3.05) is 25.1 Å². The van der Waals surface area contributed by atoms with Crippen LogP contribution in [0, 0.1) is 0 Å². The Morgan fingerprint density at radius 3 is 2.37 bits per heavy atom. The van der Waals surface area contributed by atoms with Gasteiger partial charge in [0.2, 0.25) is 5.60 Å². The summed E-state index contributed by atoms with van der Waals surface area (Å²) in [6.07, 6.45) is 0. The van der Waals surface area contributed by atoms with Crippen LogP contribution in [0.15, 0.2) is 33.9 Å². The van der Waals surface area contributed by atoms with Crippen LogP contribution in [-0.4, -0.2) is 101 Å². The molecule has 0 bridgehead atoms. The Bertz CT molecular complexity index is 1590. The minimum atomic E-state index is -1.77. The molecule has 4 heterocycles. The van der Waals surface area contributed by atoms with E-state index in [9.17, 15) is 39.6 Å². The third-order valence-electron chi connectivity index (χ3n) is 7.37. The van der Waals surface area contributed by atoms with Crippen LogP contribution >= 0.6 is 23.1 Å². The quantitative estimate of drug-likeness (QED) is 0.0735. The molecule has 17 heteroatoms. The van der Waals surface area contributed by atoms with Crippen molar-refractivity contribution in [1.82, 2.24) is 15.2 Å². The van der Waals surface area contributed by atoms with Crippen molar-refractivity contribution in [2.24, 2.45) is 5.16 Å². The zero-order chi connectivity index (χ0) is 31.4. The van der Waals surface area contributed by atoms with E-state index in [0.717, 1.165) is 27.4 Å². The van der Waals surface area contributed by atoms with Crippen LogP contribution < -0.4 is 11.1 Å². The fourth-order valence-corrected chi connectivity index (χ4v) is 7.11. The predicted molar refractivity (Wildman–Crippen MR) is 154 cm³/mol. The number of amides is 2. The highest BCUT2D eigenvalue weighted by atomic mass is 32.2. The number of phenolic OH excluding ortho intramolecular Hbond substituents is 2. The molecule has 43 heavy (non-hydrogen) atoms. The maximum Gasteiger partial charge on any atom is 0.352 e. The summed E-state index contributed by atoms with van der Waals surface area (Å²) in [5.41, 5.74) is 5.62. The number of aromatic nitrogens is 1. The lowest BCUT2D eigenvalue weighted by molar-refractivity contribution is -0.924. The van der Waals surface area contributed by atoms with Gasteiger partial charge in [0.15, 0.2) is 22.3 Å². The van der Waals surface area contributed by atoms with Crippen molar-refractivity contribution >= 4 is 57.7 Å². The number of benzene rings is 1. The number of nitrogens with one attached hydrogen (secondary N) is 1. The van der Waals surface area contributed by atoms with Gasteiger partial charge in [-0.15, -0.1) is 23.1 Å². The Labute approximate surface area is 252 Å². The smallest absolute Gasteiger partial charge is 0.352 e. The molecule has 7 N–H and O–H groups in total. The average Bonchev–Trinajstić information content (AvgIpc) is 3.48. The van der Waals surface area contributed by atoms with E-state index >= 15 is 0 Å². The number of nitrogens with zero attached hydrogens (tertiary/aromatic N) is 4. The highest BCUT2D eigenvalue weighted by molar-refractivity contribution is 8.00. The summed E-state index contributed by atoms with van der Waals surface area (Å²) in [5.74, 6) is -4.29. The van der Waals surface area contributed by atoms with Crippen molar-refractivity contribution in [3.8, 4) is 11.5 Å². The molecule has 1 aromatic carbocycles. The van der Waals surface area contributed by atoms with Crippen LogP contribution in [-0.2, 0) is 37.1 Å². The number of rotatable bonds is 9. The largest absolute Gasteiger partial charge is 0.504 e. The fraction of sp³-hybridized carbons (Fsp3) is 0.385. The third-order valence-corrected chi connectivity index (χ3v) is 9.38. The van der Waals surface area contributed by atoms with Crippen molar-refractivity contribution in [2.45, 2.75) is 44.0 Å². The van der Waals surface area contributed by atoms with E-state index in [0.29, 0.717) is 29.7 Å². The molecule has 2 aromatic rings. The molecule has 3 aliphatic heterocycles. The van der Waals surface area contributed by atoms with Gasteiger partial charge in [-0.2, -0.15) is 0 Å². The number of hydrogen-bond acceptors (Lipinski definition) is 12. The van der Waals surface area contributed by atoms with Crippen LogP contribution in [0.1, 0.15) is 30.7 Å². The Balaban J connectivity index is 1.35. The fourth-order valence-electron chi connectivity index (χ4n) is 5.22. The van der Waals surface area contributed by atoms with Gasteiger partial charge in [0.25, 0.3) is 11.8 Å². The molecule has 15 nitrogen and oxygen atoms in total. The van der Waals surface area contributed by atoms with Crippen molar-refractivity contribution in [1.29, 1.82) is 0 Å². The molecule has 2 amide bonds. The molecular formula is C26H29N6O9S2+. The van der Waals surface area contributed by atoms with Gasteiger partial charge in [0.1, 0.15) is 42.4 Å². The molecule has 0 unspecified atom stereocenters. The summed E-state index contributed by atoms with van der Waals surface area (Å²) in [6, 6.07) is 1.92. The number of aliphatic carboxylic acids is 2. The maximum atomic E-state index is 13.3. The van der Waals surface area contributed by atoms with Crippen molar-refractivity contribution < 1.29 is 48.9 Å². The van der Waals surface area contributed by atoms with Crippen LogP contribution in [0.25, 0.3) is 0 Å². The van der Waals surface area contributed by atoms with Crippen LogP contribution in [0.3, 0.4) is 0 Å². The molecule has 0 radical (unpaired) electrons. The first-order chi connectivity index (χ1) is 20.1. The van der Waals surface area contributed by atoms with E-state index in [1.165, 1.54) is 43.1 Å². The number of nitrogens with two attached hydrogens (primary N) is 1. The number of carboxylic acids is 2. The lowest BCUT2D eigenvalue weighted by Crippen LogP contribution is -2.71. The van der Waals surface area contributed by atoms with Gasteiger partial charge in [0.05, 0.1) is 7.05 Å². The zero-order valence-corrected chi connectivity index (χ0v) is 24.9. The van der Waals surface area contributed by atoms with Gasteiger partial charge in [-0.1, -0.05) is 5.16 Å². The van der Waals surface area contributed by atoms with E-state index in [1.807, 2.05) is 7.05 Å². The number of anilines is 1. The molecule has 1 fully saturated rings. The number of thioether (sulfide) groups is 1. The summed E-state index contributed by atoms with van der Waals surface area (Å²) in [4.78, 5) is 60.7. The Hall–Kier alpha value is -4.35.